The van der Waals surface area contributed by atoms with E-state index in [0.717, 1.165) is 5.56 Å². The van der Waals surface area contributed by atoms with Gasteiger partial charge in [-0.3, -0.25) is 9.36 Å². The summed E-state index contributed by atoms with van der Waals surface area (Å²) < 4.78 is 7.28. The molecule has 0 aliphatic heterocycles. The maximum absolute atomic E-state index is 12.1. The van der Waals surface area contributed by atoms with Crippen molar-refractivity contribution in [2.75, 3.05) is 18.2 Å². The number of carbonyl (C=O) groups excluding carboxylic acids is 1. The lowest BCUT2D eigenvalue weighted by Crippen LogP contribution is -2.14. The van der Waals surface area contributed by atoms with Gasteiger partial charge in [-0.1, -0.05) is 29.4 Å². The molecule has 1 amide bonds. The minimum absolute atomic E-state index is 0.162. The first-order chi connectivity index (χ1) is 13.1. The Morgan fingerprint density at radius 2 is 2.33 bits per heavy atom. The number of anilines is 1. The predicted molar refractivity (Wildman–Crippen MR) is 109 cm³/mol. The van der Waals surface area contributed by atoms with Gasteiger partial charge in [0.15, 0.2) is 16.1 Å². The van der Waals surface area contributed by atoms with E-state index in [-0.39, 0.29) is 11.7 Å². The molecule has 27 heavy (non-hydrogen) atoms. The van der Waals surface area contributed by atoms with Gasteiger partial charge in [0.1, 0.15) is 5.75 Å². The fourth-order valence-corrected chi connectivity index (χ4v) is 3.78. The Kier molecular flexibility index (Phi) is 6.49. The molecule has 0 radical (unpaired) electrons. The zero-order chi connectivity index (χ0) is 19.2. The molecule has 0 aliphatic carbocycles. The molecule has 2 heterocycles. The zero-order valence-corrected chi connectivity index (χ0v) is 16.8. The fraction of sp³-hybridized carbons (Fsp3) is 0.176. The van der Waals surface area contributed by atoms with E-state index in [9.17, 15) is 4.79 Å². The van der Waals surface area contributed by atoms with Crippen LogP contribution in [0.1, 0.15) is 0 Å². The van der Waals surface area contributed by atoms with Crippen LogP contribution in [-0.2, 0) is 11.3 Å². The van der Waals surface area contributed by atoms with Crippen LogP contribution in [0.25, 0.3) is 11.4 Å². The van der Waals surface area contributed by atoms with Crippen LogP contribution in [0.15, 0.2) is 47.6 Å². The van der Waals surface area contributed by atoms with Crippen LogP contribution in [0.5, 0.6) is 5.75 Å². The molecule has 3 rings (SSSR count). The SMILES string of the molecule is C=CCn1c(SCC(=O)Nc2nccs2)nnc1-c1cc(Cl)ccc1OC. The Hall–Kier alpha value is -2.36. The average molecular weight is 422 g/mol. The zero-order valence-electron chi connectivity index (χ0n) is 14.4. The summed E-state index contributed by atoms with van der Waals surface area (Å²) in [4.78, 5) is 16.1. The second-order valence-electron chi connectivity index (χ2n) is 5.22. The van der Waals surface area contributed by atoms with Crippen LogP contribution in [0, 0.1) is 0 Å². The quantitative estimate of drug-likeness (QED) is 0.437. The highest BCUT2D eigenvalue weighted by Crippen LogP contribution is 2.33. The monoisotopic (exact) mass is 421 g/mol. The highest BCUT2D eigenvalue weighted by Gasteiger charge is 2.18. The van der Waals surface area contributed by atoms with Crippen molar-refractivity contribution in [2.24, 2.45) is 0 Å². The molecule has 0 atom stereocenters. The summed E-state index contributed by atoms with van der Waals surface area (Å²) in [6.07, 6.45) is 3.38. The number of nitrogens with one attached hydrogen (secondary N) is 1. The van der Waals surface area contributed by atoms with E-state index in [1.165, 1.54) is 23.1 Å². The van der Waals surface area contributed by atoms with Crippen molar-refractivity contribution < 1.29 is 9.53 Å². The molecule has 0 saturated heterocycles. The lowest BCUT2D eigenvalue weighted by atomic mass is 10.2. The maximum atomic E-state index is 12.1. The van der Waals surface area contributed by atoms with Crippen LogP contribution in [-0.4, -0.2) is 38.5 Å². The van der Waals surface area contributed by atoms with E-state index >= 15 is 0 Å². The van der Waals surface area contributed by atoms with Crippen LogP contribution < -0.4 is 10.1 Å². The fourth-order valence-electron chi connectivity index (χ4n) is 2.31. The molecular weight excluding hydrogens is 406 g/mol. The molecule has 0 spiro atoms. The topological polar surface area (TPSA) is 81.9 Å². The number of nitrogens with zero attached hydrogens (tertiary/aromatic N) is 4. The largest absolute Gasteiger partial charge is 0.496 e. The molecular formula is C17H16ClN5O2S2. The summed E-state index contributed by atoms with van der Waals surface area (Å²) >= 11 is 8.78. The van der Waals surface area contributed by atoms with Crippen molar-refractivity contribution in [3.05, 3.63) is 47.5 Å². The third-order valence-electron chi connectivity index (χ3n) is 3.44. The van der Waals surface area contributed by atoms with Crippen molar-refractivity contribution >= 4 is 45.7 Å². The molecule has 0 unspecified atom stereocenters. The van der Waals surface area contributed by atoms with Crippen LogP contribution in [0.4, 0.5) is 5.13 Å². The van der Waals surface area contributed by atoms with Gasteiger partial charge < -0.3 is 10.1 Å². The molecule has 1 N–H and O–H groups in total. The number of aromatic nitrogens is 4. The number of benzene rings is 1. The third-order valence-corrected chi connectivity index (χ3v) is 5.33. The van der Waals surface area contributed by atoms with Gasteiger partial charge in [-0.25, -0.2) is 4.98 Å². The summed E-state index contributed by atoms with van der Waals surface area (Å²) in [7, 11) is 1.58. The number of thiazole rings is 1. The minimum Gasteiger partial charge on any atom is -0.496 e. The number of hydrogen-bond donors (Lipinski definition) is 1. The number of methoxy groups -OCH3 is 1. The lowest BCUT2D eigenvalue weighted by Gasteiger charge is -2.11. The molecule has 0 aliphatic rings. The van der Waals surface area contributed by atoms with Crippen LogP contribution in [0.2, 0.25) is 5.02 Å². The Balaban J connectivity index is 1.82. The van der Waals surface area contributed by atoms with Crippen molar-refractivity contribution in [3.63, 3.8) is 0 Å². The molecule has 140 valence electrons. The first kappa shape index (κ1) is 19.4. The van der Waals surface area contributed by atoms with Crippen molar-refractivity contribution in [3.8, 4) is 17.1 Å². The molecule has 0 fully saturated rings. The number of ether oxygens (including phenoxy) is 1. The number of carbonyl (C=O) groups is 1. The van der Waals surface area contributed by atoms with E-state index in [1.54, 1.807) is 43.0 Å². The standard InChI is InChI=1S/C17H16ClN5O2S2/c1-3-7-23-15(12-9-11(18)4-5-13(12)25-2)21-22-17(23)27-10-14(24)20-16-19-6-8-26-16/h3-6,8-9H,1,7,10H2,2H3,(H,19,20,24). The summed E-state index contributed by atoms with van der Waals surface area (Å²) in [6, 6.07) is 5.29. The number of rotatable bonds is 8. The van der Waals surface area contributed by atoms with Gasteiger partial charge in [-0.2, -0.15) is 0 Å². The number of hydrogen-bond acceptors (Lipinski definition) is 7. The molecule has 1 aromatic carbocycles. The smallest absolute Gasteiger partial charge is 0.236 e. The number of halogens is 1. The van der Waals surface area contributed by atoms with Gasteiger partial charge in [0.2, 0.25) is 5.91 Å². The average Bonchev–Trinajstić information content (AvgIpc) is 3.30. The highest BCUT2D eigenvalue weighted by molar-refractivity contribution is 7.99. The molecule has 0 bridgehead atoms. The molecule has 7 nitrogen and oxygen atoms in total. The van der Waals surface area contributed by atoms with Gasteiger partial charge in [0, 0.05) is 23.1 Å². The molecule has 0 saturated carbocycles. The van der Waals surface area contributed by atoms with Gasteiger partial charge in [0.05, 0.1) is 18.4 Å². The van der Waals surface area contributed by atoms with Crippen molar-refractivity contribution in [1.29, 1.82) is 0 Å². The number of allylic oxidation sites excluding steroid dienone is 1. The summed E-state index contributed by atoms with van der Waals surface area (Å²) in [5, 5.41) is 14.8. The van der Waals surface area contributed by atoms with Crippen molar-refractivity contribution in [2.45, 2.75) is 11.7 Å². The number of thioether (sulfide) groups is 1. The summed E-state index contributed by atoms with van der Waals surface area (Å²) in [5.74, 6) is 1.25. The summed E-state index contributed by atoms with van der Waals surface area (Å²) in [5.41, 5.74) is 0.721. The van der Waals surface area contributed by atoms with Crippen LogP contribution in [0.3, 0.4) is 0 Å². The Morgan fingerprint density at radius 1 is 1.48 bits per heavy atom. The van der Waals surface area contributed by atoms with Gasteiger partial charge in [-0.15, -0.1) is 28.1 Å². The second kappa shape index (κ2) is 9.03. The highest BCUT2D eigenvalue weighted by atomic mass is 35.5. The van der Waals surface area contributed by atoms with Gasteiger partial charge >= 0.3 is 0 Å². The van der Waals surface area contributed by atoms with Gasteiger partial charge in [0.25, 0.3) is 0 Å². The predicted octanol–water partition coefficient (Wildman–Crippen LogP) is 3.98. The number of amides is 1. The normalized spacial score (nSPS) is 10.6. The minimum atomic E-state index is -0.162. The molecule has 3 aromatic rings. The summed E-state index contributed by atoms with van der Waals surface area (Å²) in [6.45, 7) is 4.27. The Bertz CT molecular complexity index is 943. The van der Waals surface area contributed by atoms with Crippen LogP contribution >= 0.6 is 34.7 Å². The van der Waals surface area contributed by atoms with E-state index in [0.29, 0.717) is 33.4 Å². The second-order valence-corrected chi connectivity index (χ2v) is 7.50. The maximum Gasteiger partial charge on any atom is 0.236 e. The van der Waals surface area contributed by atoms with E-state index in [1.807, 2.05) is 4.57 Å². The van der Waals surface area contributed by atoms with E-state index < -0.39 is 0 Å². The lowest BCUT2D eigenvalue weighted by molar-refractivity contribution is -0.113. The van der Waals surface area contributed by atoms with Gasteiger partial charge in [-0.05, 0) is 18.2 Å². The van der Waals surface area contributed by atoms with E-state index in [4.69, 9.17) is 16.3 Å². The van der Waals surface area contributed by atoms with Crippen molar-refractivity contribution in [1.82, 2.24) is 19.7 Å². The Labute approximate surface area is 169 Å². The first-order valence-corrected chi connectivity index (χ1v) is 10.1. The molecule has 2 aromatic heterocycles. The molecule has 10 heteroatoms. The Morgan fingerprint density at radius 3 is 3.04 bits per heavy atom. The van der Waals surface area contributed by atoms with E-state index in [2.05, 4.69) is 27.1 Å². The third kappa shape index (κ3) is 4.68. The first-order valence-electron chi connectivity index (χ1n) is 7.82.